The summed E-state index contributed by atoms with van der Waals surface area (Å²) in [6.45, 7) is 11.1. The molecular weight excluding hydrogens is 318 g/mol. The van der Waals surface area contributed by atoms with Crippen LogP contribution in [0.2, 0.25) is 6.04 Å². The average molecular weight is 359 g/mol. The van der Waals surface area contributed by atoms with Crippen LogP contribution in [0.15, 0.2) is 0 Å². The van der Waals surface area contributed by atoms with E-state index >= 15 is 0 Å². The van der Waals surface area contributed by atoms with Crippen molar-refractivity contribution in [1.82, 2.24) is 0 Å². The van der Waals surface area contributed by atoms with Crippen molar-refractivity contribution >= 4 is 8.80 Å². The molecule has 24 heavy (non-hydrogen) atoms. The molecule has 0 atom stereocenters. The Kier molecular flexibility index (Phi) is 13.6. The highest BCUT2D eigenvalue weighted by Gasteiger charge is 2.40. The first kappa shape index (κ1) is 23.6. The van der Waals surface area contributed by atoms with Crippen molar-refractivity contribution in [3.8, 4) is 12.0 Å². The molecule has 0 radical (unpaired) electrons. The van der Waals surface area contributed by atoms with Crippen LogP contribution in [-0.2, 0) is 13.3 Å². The molecule has 0 aromatic rings. The molecule has 0 amide bonds. The quantitative estimate of drug-likeness (QED) is 0.199. The zero-order valence-electron chi connectivity index (χ0n) is 17.0. The second-order valence-corrected chi connectivity index (χ2v) is 9.21. The Morgan fingerprint density at radius 3 is 1.75 bits per heavy atom. The Balaban J connectivity index is 4.45. The van der Waals surface area contributed by atoms with Gasteiger partial charge in [-0.25, -0.2) is 0 Å². The molecule has 0 unspecified atom stereocenters. The van der Waals surface area contributed by atoms with Gasteiger partial charge in [0, 0.05) is 19.8 Å². The summed E-state index contributed by atoms with van der Waals surface area (Å²) in [7, 11) is 1.71. The van der Waals surface area contributed by atoms with E-state index in [-0.39, 0.29) is 0 Å². The number of hydrogen-bond acceptors (Lipinski definition) is 3. The van der Waals surface area contributed by atoms with Crippen LogP contribution in [0.3, 0.4) is 0 Å². The highest BCUT2D eigenvalue weighted by atomic mass is 28.4. The fourth-order valence-corrected chi connectivity index (χ4v) is 4.81. The molecule has 5 heteroatoms. The molecule has 0 spiro atoms. The summed E-state index contributed by atoms with van der Waals surface area (Å²) in [6.07, 6.45) is 7.90. The third-order valence-electron chi connectivity index (χ3n) is 3.85. The fraction of sp³-hybridized carbons (Fsp3) is 0.895. The molecule has 0 N–H and O–H groups in total. The minimum absolute atomic E-state index is 0.570. The normalized spacial score (nSPS) is 12.1. The molecule has 0 saturated carbocycles. The smallest absolute Gasteiger partial charge is 0.373 e. The zero-order valence-corrected chi connectivity index (χ0v) is 18.0. The van der Waals surface area contributed by atoms with Gasteiger partial charge in [0.1, 0.15) is 6.04 Å². The van der Waals surface area contributed by atoms with Crippen molar-refractivity contribution < 1.29 is 17.8 Å². The molecule has 0 saturated heterocycles. The summed E-state index contributed by atoms with van der Waals surface area (Å²) >= 11 is 0. The van der Waals surface area contributed by atoms with Gasteiger partial charge in [0.25, 0.3) is 0 Å². The zero-order chi connectivity index (χ0) is 18.3. The van der Waals surface area contributed by atoms with E-state index in [1.807, 2.05) is 20.8 Å². The number of hydrogen-bond donors (Lipinski definition) is 0. The van der Waals surface area contributed by atoms with Crippen LogP contribution < -0.4 is 0 Å². The van der Waals surface area contributed by atoms with Gasteiger partial charge in [-0.2, -0.15) is 0 Å². The maximum atomic E-state index is 5.85. The number of quaternary nitrogens is 1. The van der Waals surface area contributed by atoms with Crippen LogP contribution in [0.1, 0.15) is 66.2 Å². The van der Waals surface area contributed by atoms with Crippen LogP contribution in [-0.4, -0.2) is 53.7 Å². The lowest BCUT2D eigenvalue weighted by Gasteiger charge is -2.26. The lowest BCUT2D eigenvalue weighted by Crippen LogP contribution is -2.45. The molecule has 142 valence electrons. The number of nitrogens with zero attached hydrogens (tertiary/aromatic N) is 1. The molecular formula is C19H40NO3Si+. The highest BCUT2D eigenvalue weighted by Crippen LogP contribution is 2.15. The Bertz CT molecular complexity index is 346. The standard InChI is InChI=1S/C19H40NO3Si/c1-7-11-12-13-14-15-17-20(5,6)18-16-19-24(21-8-2,22-9-3)23-10-4/h7-15,17,19H2,1-6H3/q+1. The summed E-state index contributed by atoms with van der Waals surface area (Å²) in [5, 5.41) is 0. The summed E-state index contributed by atoms with van der Waals surface area (Å²) in [5.74, 6) is 3.29. The van der Waals surface area contributed by atoms with E-state index in [4.69, 9.17) is 13.3 Å². The Morgan fingerprint density at radius 2 is 1.25 bits per heavy atom. The lowest BCUT2D eigenvalue weighted by molar-refractivity contribution is -0.822. The first-order valence-electron chi connectivity index (χ1n) is 9.70. The van der Waals surface area contributed by atoms with Crippen molar-refractivity contribution in [2.75, 3.05) is 40.5 Å². The molecule has 4 nitrogen and oxygen atoms in total. The van der Waals surface area contributed by atoms with Gasteiger partial charge in [-0.05, 0) is 39.5 Å². The summed E-state index contributed by atoms with van der Waals surface area (Å²) in [6, 6.07) is 3.94. The van der Waals surface area contributed by atoms with Crippen molar-refractivity contribution in [2.45, 2.75) is 72.3 Å². The predicted molar refractivity (Wildman–Crippen MR) is 104 cm³/mol. The van der Waals surface area contributed by atoms with Gasteiger partial charge < -0.3 is 13.3 Å². The van der Waals surface area contributed by atoms with E-state index in [9.17, 15) is 0 Å². The van der Waals surface area contributed by atoms with E-state index in [2.05, 4.69) is 33.0 Å². The number of unbranched alkanes of at least 4 members (excludes halogenated alkanes) is 5. The minimum Gasteiger partial charge on any atom is -0.373 e. The second kappa shape index (κ2) is 13.9. The van der Waals surface area contributed by atoms with E-state index in [1.54, 1.807) is 0 Å². The molecule has 0 bridgehead atoms. The van der Waals surface area contributed by atoms with Gasteiger partial charge in [-0.1, -0.05) is 32.6 Å². The molecule has 0 aliphatic heterocycles. The Labute approximate surface area is 151 Å². The maximum Gasteiger partial charge on any atom is 0.513 e. The molecule has 0 aromatic heterocycles. The predicted octanol–water partition coefficient (Wildman–Crippen LogP) is 4.43. The molecule has 0 fully saturated rings. The first-order chi connectivity index (χ1) is 11.4. The van der Waals surface area contributed by atoms with Gasteiger partial charge in [0.2, 0.25) is 0 Å². The molecule has 0 rings (SSSR count). The SMILES string of the molecule is CCCCCCCC[N+](C)(C)C#CC[Si](OCC)(OCC)OCC. The van der Waals surface area contributed by atoms with E-state index in [1.165, 1.54) is 38.5 Å². The molecule has 0 heterocycles. The van der Waals surface area contributed by atoms with Gasteiger partial charge in [-0.3, -0.25) is 4.48 Å². The second-order valence-electron chi connectivity index (χ2n) is 6.62. The van der Waals surface area contributed by atoms with Gasteiger partial charge in [-0.15, -0.1) is 0 Å². The highest BCUT2D eigenvalue weighted by molar-refractivity contribution is 6.61. The number of rotatable bonds is 14. The van der Waals surface area contributed by atoms with Crippen LogP contribution in [0.4, 0.5) is 0 Å². The van der Waals surface area contributed by atoms with Crippen molar-refractivity contribution in [1.29, 1.82) is 0 Å². The first-order valence-corrected chi connectivity index (χ1v) is 11.6. The Morgan fingerprint density at radius 1 is 0.750 bits per heavy atom. The topological polar surface area (TPSA) is 27.7 Å². The van der Waals surface area contributed by atoms with Crippen molar-refractivity contribution in [3.63, 3.8) is 0 Å². The fourth-order valence-electron chi connectivity index (χ4n) is 2.64. The summed E-state index contributed by atoms with van der Waals surface area (Å²) in [4.78, 5) is 0. The Hall–Kier alpha value is -0.383. The van der Waals surface area contributed by atoms with E-state index < -0.39 is 8.80 Å². The maximum absolute atomic E-state index is 5.85. The van der Waals surface area contributed by atoms with Crippen LogP contribution in [0.5, 0.6) is 0 Å². The van der Waals surface area contributed by atoms with E-state index in [0.29, 0.717) is 25.9 Å². The van der Waals surface area contributed by atoms with Crippen LogP contribution in [0.25, 0.3) is 0 Å². The summed E-state index contributed by atoms with van der Waals surface area (Å²) in [5.41, 5.74) is 0. The minimum atomic E-state index is -2.63. The third kappa shape index (κ3) is 11.2. The van der Waals surface area contributed by atoms with Crippen LogP contribution in [0, 0.1) is 12.0 Å². The summed E-state index contributed by atoms with van der Waals surface area (Å²) < 4.78 is 18.3. The van der Waals surface area contributed by atoms with Gasteiger partial charge in [0.05, 0.1) is 26.7 Å². The monoisotopic (exact) mass is 358 g/mol. The third-order valence-corrected chi connectivity index (χ3v) is 6.65. The molecule has 0 aromatic carbocycles. The van der Waals surface area contributed by atoms with E-state index in [0.717, 1.165) is 11.0 Å². The molecule has 0 aliphatic rings. The van der Waals surface area contributed by atoms with Gasteiger partial charge >= 0.3 is 8.80 Å². The molecule has 0 aliphatic carbocycles. The largest absolute Gasteiger partial charge is 0.513 e. The average Bonchev–Trinajstić information content (AvgIpc) is 2.51. The van der Waals surface area contributed by atoms with Gasteiger partial charge in [0.15, 0.2) is 0 Å². The van der Waals surface area contributed by atoms with Crippen molar-refractivity contribution in [3.05, 3.63) is 0 Å². The van der Waals surface area contributed by atoms with Crippen molar-refractivity contribution in [2.24, 2.45) is 0 Å². The lowest BCUT2D eigenvalue weighted by atomic mass is 10.1. The van der Waals surface area contributed by atoms with Crippen LogP contribution >= 0.6 is 0 Å².